The number of halogens is 1. The van der Waals surface area contributed by atoms with Crippen LogP contribution in [0.4, 0.5) is 23.3 Å². The standard InChI is InChI=1S/C16H13ClN6S/c17-9-5-6-13-11(7-9)23(10-3-1-2-4-12(10)24-13)8-14-20-15(18)22-16(19)21-14/h1-7H,8H2,(H4,18,19,20,21,22). The Labute approximate surface area is 147 Å². The molecule has 6 nitrogen and oxygen atoms in total. The fourth-order valence-electron chi connectivity index (χ4n) is 2.64. The van der Waals surface area contributed by atoms with Crippen LogP contribution in [0.3, 0.4) is 0 Å². The Morgan fingerprint density at radius 1 is 0.917 bits per heavy atom. The van der Waals surface area contributed by atoms with E-state index in [2.05, 4.69) is 32.0 Å². The lowest BCUT2D eigenvalue weighted by Crippen LogP contribution is -2.22. The number of nitrogens with zero attached hydrogens (tertiary/aromatic N) is 4. The van der Waals surface area contributed by atoms with Gasteiger partial charge in [-0.05, 0) is 30.3 Å². The first-order valence-corrected chi connectivity index (χ1v) is 8.39. The van der Waals surface area contributed by atoms with Crippen molar-refractivity contribution in [1.29, 1.82) is 0 Å². The summed E-state index contributed by atoms with van der Waals surface area (Å²) in [7, 11) is 0. The number of nitrogen functional groups attached to an aromatic ring is 2. The first-order chi connectivity index (χ1) is 11.6. The molecular weight excluding hydrogens is 344 g/mol. The lowest BCUT2D eigenvalue weighted by molar-refractivity contribution is 0.842. The number of fused-ring (bicyclic) bond motifs is 2. The molecule has 2 heterocycles. The van der Waals surface area contributed by atoms with Crippen LogP contribution in [-0.4, -0.2) is 15.0 Å². The fraction of sp³-hybridized carbons (Fsp3) is 0.0625. The van der Waals surface area contributed by atoms with Crippen molar-refractivity contribution < 1.29 is 0 Å². The number of para-hydroxylation sites is 1. The molecule has 24 heavy (non-hydrogen) atoms. The zero-order valence-electron chi connectivity index (χ0n) is 12.5. The molecule has 0 bridgehead atoms. The summed E-state index contributed by atoms with van der Waals surface area (Å²) in [5.41, 5.74) is 13.5. The third-order valence-electron chi connectivity index (χ3n) is 3.60. The van der Waals surface area contributed by atoms with Gasteiger partial charge in [0.05, 0.1) is 17.9 Å². The third kappa shape index (κ3) is 2.72. The summed E-state index contributed by atoms with van der Waals surface area (Å²) < 4.78 is 0. The second kappa shape index (κ2) is 5.85. The molecule has 1 aliphatic heterocycles. The number of nitrogens with two attached hydrogens (primary N) is 2. The van der Waals surface area contributed by atoms with Crippen LogP contribution < -0.4 is 16.4 Å². The summed E-state index contributed by atoms with van der Waals surface area (Å²) in [5, 5.41) is 0.674. The minimum Gasteiger partial charge on any atom is -0.368 e. The van der Waals surface area contributed by atoms with Gasteiger partial charge in [-0.15, -0.1) is 0 Å². The van der Waals surface area contributed by atoms with Gasteiger partial charge in [0.2, 0.25) is 11.9 Å². The normalized spacial score (nSPS) is 12.6. The molecule has 1 aromatic heterocycles. The lowest BCUT2D eigenvalue weighted by atomic mass is 10.2. The van der Waals surface area contributed by atoms with Crippen molar-refractivity contribution in [3.8, 4) is 0 Å². The van der Waals surface area contributed by atoms with Crippen molar-refractivity contribution in [2.24, 2.45) is 0 Å². The molecule has 8 heteroatoms. The Bertz CT molecular complexity index is 912. The average molecular weight is 357 g/mol. The van der Waals surface area contributed by atoms with E-state index in [-0.39, 0.29) is 11.9 Å². The van der Waals surface area contributed by atoms with E-state index in [1.807, 2.05) is 30.3 Å². The number of rotatable bonds is 2. The van der Waals surface area contributed by atoms with E-state index in [9.17, 15) is 0 Å². The van der Waals surface area contributed by atoms with Gasteiger partial charge in [0, 0.05) is 14.8 Å². The quantitative estimate of drug-likeness (QED) is 0.725. The number of hydrogen-bond donors (Lipinski definition) is 2. The van der Waals surface area contributed by atoms with Gasteiger partial charge in [0.25, 0.3) is 0 Å². The Morgan fingerprint density at radius 2 is 1.62 bits per heavy atom. The van der Waals surface area contributed by atoms with Gasteiger partial charge in [0.1, 0.15) is 0 Å². The van der Waals surface area contributed by atoms with Gasteiger partial charge < -0.3 is 16.4 Å². The zero-order chi connectivity index (χ0) is 16.7. The Kier molecular flexibility index (Phi) is 3.66. The smallest absolute Gasteiger partial charge is 0.225 e. The molecule has 4 N–H and O–H groups in total. The minimum absolute atomic E-state index is 0.114. The Hall–Kier alpha value is -2.51. The maximum atomic E-state index is 6.21. The largest absolute Gasteiger partial charge is 0.368 e. The van der Waals surface area contributed by atoms with Crippen molar-refractivity contribution in [2.45, 2.75) is 16.3 Å². The Morgan fingerprint density at radius 3 is 2.42 bits per heavy atom. The molecule has 0 spiro atoms. The van der Waals surface area contributed by atoms with E-state index < -0.39 is 0 Å². The first kappa shape index (κ1) is 15.0. The predicted octanol–water partition coefficient (Wildman–Crippen LogP) is 3.49. The summed E-state index contributed by atoms with van der Waals surface area (Å²) in [6.45, 7) is 0.418. The van der Waals surface area contributed by atoms with Gasteiger partial charge in [-0.2, -0.15) is 15.0 Å². The van der Waals surface area contributed by atoms with E-state index in [0.717, 1.165) is 21.2 Å². The molecule has 0 saturated heterocycles. The van der Waals surface area contributed by atoms with Crippen molar-refractivity contribution in [3.63, 3.8) is 0 Å². The van der Waals surface area contributed by atoms with E-state index >= 15 is 0 Å². The van der Waals surface area contributed by atoms with Crippen LogP contribution in [0.1, 0.15) is 5.82 Å². The summed E-state index contributed by atoms with van der Waals surface area (Å²) in [4.78, 5) is 16.6. The maximum absolute atomic E-state index is 6.21. The van der Waals surface area contributed by atoms with Crippen molar-refractivity contribution in [2.75, 3.05) is 16.4 Å². The van der Waals surface area contributed by atoms with Gasteiger partial charge >= 0.3 is 0 Å². The molecule has 0 aliphatic carbocycles. The first-order valence-electron chi connectivity index (χ1n) is 7.20. The van der Waals surface area contributed by atoms with Crippen molar-refractivity contribution in [1.82, 2.24) is 15.0 Å². The molecule has 0 radical (unpaired) electrons. The molecule has 4 rings (SSSR count). The highest BCUT2D eigenvalue weighted by atomic mass is 35.5. The molecule has 3 aromatic rings. The van der Waals surface area contributed by atoms with E-state index in [1.54, 1.807) is 11.8 Å². The molecule has 0 fully saturated rings. The number of aromatic nitrogens is 3. The molecule has 0 atom stereocenters. The van der Waals surface area contributed by atoms with Crippen LogP contribution in [0.2, 0.25) is 5.02 Å². The summed E-state index contributed by atoms with van der Waals surface area (Å²) in [6, 6.07) is 14.0. The number of anilines is 4. The average Bonchev–Trinajstić information content (AvgIpc) is 2.54. The highest BCUT2D eigenvalue weighted by molar-refractivity contribution is 7.99. The van der Waals surface area contributed by atoms with Crippen LogP contribution in [0.5, 0.6) is 0 Å². The summed E-state index contributed by atoms with van der Waals surface area (Å²) in [6.07, 6.45) is 0. The fourth-order valence-corrected chi connectivity index (χ4v) is 3.88. The summed E-state index contributed by atoms with van der Waals surface area (Å²) in [5.74, 6) is 0.736. The molecule has 1 aliphatic rings. The number of hydrogen-bond acceptors (Lipinski definition) is 7. The van der Waals surface area contributed by atoms with Gasteiger partial charge in [-0.25, -0.2) is 0 Å². The monoisotopic (exact) mass is 356 g/mol. The highest BCUT2D eigenvalue weighted by Crippen LogP contribution is 2.49. The SMILES string of the molecule is Nc1nc(N)nc(CN2c3ccccc3Sc3ccc(Cl)cc32)n1. The molecule has 0 saturated carbocycles. The minimum atomic E-state index is 0.114. The van der Waals surface area contributed by atoms with Gasteiger partial charge in [-0.1, -0.05) is 35.5 Å². The van der Waals surface area contributed by atoms with E-state index in [4.69, 9.17) is 23.1 Å². The molecule has 0 unspecified atom stereocenters. The van der Waals surface area contributed by atoms with Crippen molar-refractivity contribution >= 4 is 46.6 Å². The maximum Gasteiger partial charge on any atom is 0.225 e. The number of benzene rings is 2. The second-order valence-electron chi connectivity index (χ2n) is 5.24. The van der Waals surface area contributed by atoms with Crippen LogP contribution in [0.15, 0.2) is 52.3 Å². The van der Waals surface area contributed by atoms with E-state index in [1.165, 1.54) is 0 Å². The van der Waals surface area contributed by atoms with E-state index in [0.29, 0.717) is 17.4 Å². The topological polar surface area (TPSA) is 93.9 Å². The molecule has 0 amide bonds. The highest BCUT2D eigenvalue weighted by Gasteiger charge is 2.24. The zero-order valence-corrected chi connectivity index (χ0v) is 14.1. The van der Waals surface area contributed by atoms with Gasteiger partial charge in [0.15, 0.2) is 5.82 Å². The molecule has 120 valence electrons. The predicted molar refractivity (Wildman–Crippen MR) is 96.5 cm³/mol. The molecule has 2 aromatic carbocycles. The van der Waals surface area contributed by atoms with Crippen LogP contribution in [0, 0.1) is 0 Å². The van der Waals surface area contributed by atoms with Crippen LogP contribution in [-0.2, 0) is 6.54 Å². The van der Waals surface area contributed by atoms with Crippen molar-refractivity contribution in [3.05, 3.63) is 53.3 Å². The third-order valence-corrected chi connectivity index (χ3v) is 4.97. The van der Waals surface area contributed by atoms with Crippen LogP contribution >= 0.6 is 23.4 Å². The van der Waals surface area contributed by atoms with Crippen LogP contribution in [0.25, 0.3) is 0 Å². The van der Waals surface area contributed by atoms with Gasteiger partial charge in [-0.3, -0.25) is 0 Å². The summed E-state index contributed by atoms with van der Waals surface area (Å²) >= 11 is 7.91. The Balaban J connectivity index is 1.83. The lowest BCUT2D eigenvalue weighted by Gasteiger charge is -2.32. The molecular formula is C16H13ClN6S. The second-order valence-corrected chi connectivity index (χ2v) is 6.76.